The van der Waals surface area contributed by atoms with Crippen molar-refractivity contribution in [2.45, 2.75) is 57.9 Å². The van der Waals surface area contributed by atoms with Crippen LogP contribution in [-0.2, 0) is 39.5 Å². The summed E-state index contributed by atoms with van der Waals surface area (Å²) in [4.78, 5) is 42.9. The smallest absolute Gasteiger partial charge is 0.343 e. The highest BCUT2D eigenvalue weighted by atomic mass is 16.6. The monoisotopic (exact) mass is 470 g/mol. The second-order valence-electron chi connectivity index (χ2n) is 9.35. The summed E-state index contributed by atoms with van der Waals surface area (Å²) < 4.78 is 6.74. The molecule has 3 aliphatic rings. The molecule has 176 valence electrons. The fourth-order valence-corrected chi connectivity index (χ4v) is 5.85. The summed E-state index contributed by atoms with van der Waals surface area (Å²) in [6, 6.07) is 7.19. The minimum absolute atomic E-state index is 0.0654. The lowest BCUT2D eigenvalue weighted by Crippen LogP contribution is -2.44. The minimum atomic E-state index is -1.90. The molecule has 1 aliphatic carbocycles. The predicted molar refractivity (Wildman–Crippen MR) is 124 cm³/mol. The first-order valence-corrected chi connectivity index (χ1v) is 11.6. The van der Waals surface area contributed by atoms with E-state index < -0.39 is 11.6 Å². The van der Waals surface area contributed by atoms with Gasteiger partial charge in [-0.05, 0) is 48.6 Å². The maximum absolute atomic E-state index is 13.5. The van der Waals surface area contributed by atoms with E-state index >= 15 is 0 Å². The lowest BCUT2D eigenvalue weighted by Gasteiger charge is -2.31. The Balaban J connectivity index is 1.67. The van der Waals surface area contributed by atoms with E-state index in [4.69, 9.17) is 9.72 Å². The van der Waals surface area contributed by atoms with Gasteiger partial charge in [0.2, 0.25) is 5.91 Å². The molecular formula is C26H22N4O5. The highest BCUT2D eigenvalue weighted by molar-refractivity contribution is 5.94. The summed E-state index contributed by atoms with van der Waals surface area (Å²) in [5.41, 5.74) is 3.21. The standard InChI is InChI=1S/C26H22N4O5/c1-3-26(34)17-8-20-23-15(10-30(20)24(32)16(17)11-35-25(26)33)22-18(28-12(2)31)7-5-14-13(9-27)4-6-19(29-23)21(14)22/h4,6,8,18,34H,3,5,7,10-11H2,1-2H3,(H,28,31)/t18?,26-/m0/s1. The summed E-state index contributed by atoms with van der Waals surface area (Å²) in [6.07, 6.45) is 1.31. The van der Waals surface area contributed by atoms with Crippen LogP contribution in [0.3, 0.4) is 0 Å². The Morgan fingerprint density at radius 2 is 2.14 bits per heavy atom. The third-order valence-corrected chi connectivity index (χ3v) is 7.53. The molecule has 0 bridgehead atoms. The maximum Gasteiger partial charge on any atom is 0.343 e. The summed E-state index contributed by atoms with van der Waals surface area (Å²) >= 11 is 0. The third kappa shape index (κ3) is 2.77. The number of esters is 1. The van der Waals surface area contributed by atoms with Crippen molar-refractivity contribution < 1.29 is 19.4 Å². The number of hydrogen-bond acceptors (Lipinski definition) is 7. The average molecular weight is 470 g/mol. The zero-order valence-corrected chi connectivity index (χ0v) is 19.3. The second kappa shape index (κ2) is 7.23. The van der Waals surface area contributed by atoms with Gasteiger partial charge < -0.3 is 19.7 Å². The molecule has 1 aromatic carbocycles. The van der Waals surface area contributed by atoms with Crippen LogP contribution in [0.15, 0.2) is 23.0 Å². The highest BCUT2D eigenvalue weighted by Gasteiger charge is 2.45. The molecule has 3 aromatic rings. The number of nitriles is 1. The molecule has 9 heteroatoms. The largest absolute Gasteiger partial charge is 0.458 e. The summed E-state index contributed by atoms with van der Waals surface area (Å²) in [5.74, 6) is -0.934. The number of ether oxygens (including phenoxy) is 1. The van der Waals surface area contributed by atoms with Gasteiger partial charge in [-0.1, -0.05) is 6.92 Å². The molecule has 6 rings (SSSR count). The predicted octanol–water partition coefficient (Wildman–Crippen LogP) is 2.07. The molecule has 2 aliphatic heterocycles. The fourth-order valence-electron chi connectivity index (χ4n) is 5.85. The number of aryl methyl sites for hydroxylation is 1. The quantitative estimate of drug-likeness (QED) is 0.428. The lowest BCUT2D eigenvalue weighted by molar-refractivity contribution is -0.172. The van der Waals surface area contributed by atoms with E-state index in [0.29, 0.717) is 35.3 Å². The molecule has 0 spiro atoms. The van der Waals surface area contributed by atoms with E-state index in [-0.39, 0.29) is 48.2 Å². The Labute approximate surface area is 200 Å². The molecule has 2 N–H and O–H groups in total. The van der Waals surface area contributed by atoms with Crippen LogP contribution in [0.2, 0.25) is 0 Å². The Morgan fingerprint density at radius 1 is 1.34 bits per heavy atom. The van der Waals surface area contributed by atoms with Crippen molar-refractivity contribution in [3.8, 4) is 17.5 Å². The number of carbonyl (C=O) groups is 2. The molecule has 4 heterocycles. The van der Waals surface area contributed by atoms with Crippen LogP contribution in [0.5, 0.6) is 0 Å². The number of pyridine rings is 2. The van der Waals surface area contributed by atoms with E-state index in [1.54, 1.807) is 29.7 Å². The van der Waals surface area contributed by atoms with Gasteiger partial charge in [-0.15, -0.1) is 0 Å². The molecule has 0 radical (unpaired) electrons. The molecule has 9 nitrogen and oxygen atoms in total. The van der Waals surface area contributed by atoms with Gasteiger partial charge in [0.25, 0.3) is 5.56 Å². The van der Waals surface area contributed by atoms with Crippen molar-refractivity contribution in [2.75, 3.05) is 0 Å². The first-order chi connectivity index (χ1) is 16.8. The number of amides is 1. The van der Waals surface area contributed by atoms with Gasteiger partial charge >= 0.3 is 5.97 Å². The number of nitrogens with zero attached hydrogens (tertiary/aromatic N) is 3. The molecule has 0 saturated carbocycles. The summed E-state index contributed by atoms with van der Waals surface area (Å²) in [6.45, 7) is 3.17. The van der Waals surface area contributed by atoms with Gasteiger partial charge in [0.1, 0.15) is 6.61 Å². The van der Waals surface area contributed by atoms with E-state index in [9.17, 15) is 24.8 Å². The van der Waals surface area contributed by atoms with Gasteiger partial charge in [0.15, 0.2) is 5.60 Å². The van der Waals surface area contributed by atoms with E-state index in [2.05, 4.69) is 11.4 Å². The van der Waals surface area contributed by atoms with Crippen molar-refractivity contribution in [1.82, 2.24) is 14.9 Å². The number of hydrogen-bond donors (Lipinski definition) is 2. The number of aromatic nitrogens is 2. The lowest BCUT2D eigenvalue weighted by atomic mass is 9.81. The third-order valence-electron chi connectivity index (χ3n) is 7.53. The molecular weight excluding hydrogens is 448 g/mol. The average Bonchev–Trinajstić information content (AvgIpc) is 3.21. The Morgan fingerprint density at radius 3 is 2.86 bits per heavy atom. The van der Waals surface area contributed by atoms with Crippen LogP contribution >= 0.6 is 0 Å². The van der Waals surface area contributed by atoms with Crippen molar-refractivity contribution in [1.29, 1.82) is 5.26 Å². The molecule has 2 atom stereocenters. The number of aliphatic hydroxyl groups is 1. The minimum Gasteiger partial charge on any atom is -0.458 e. The normalized spacial score (nSPS) is 21.5. The Kier molecular flexibility index (Phi) is 4.44. The summed E-state index contributed by atoms with van der Waals surface area (Å²) in [5, 5.41) is 24.7. The molecule has 0 saturated heterocycles. The van der Waals surface area contributed by atoms with Gasteiger partial charge in [-0.3, -0.25) is 9.59 Å². The highest BCUT2D eigenvalue weighted by Crippen LogP contribution is 2.45. The van der Waals surface area contributed by atoms with Gasteiger partial charge in [0, 0.05) is 23.4 Å². The van der Waals surface area contributed by atoms with Crippen LogP contribution in [0.1, 0.15) is 66.1 Å². The topological polar surface area (TPSA) is 134 Å². The van der Waals surface area contributed by atoms with Crippen LogP contribution in [0, 0.1) is 11.3 Å². The number of benzene rings is 1. The Bertz CT molecular complexity index is 1600. The SMILES string of the molecule is CC[C@@]1(O)C(=O)OCc2c1cc1n(c2=O)Cc2c-1nc1ccc(C#N)c3c1c2C(NC(C)=O)CC3. The number of nitrogens with one attached hydrogen (secondary N) is 1. The summed E-state index contributed by atoms with van der Waals surface area (Å²) in [7, 11) is 0. The van der Waals surface area contributed by atoms with Crippen LogP contribution in [-0.4, -0.2) is 26.5 Å². The van der Waals surface area contributed by atoms with Gasteiger partial charge in [-0.25, -0.2) is 9.78 Å². The Hall–Kier alpha value is -4.03. The first kappa shape index (κ1) is 21.5. The van der Waals surface area contributed by atoms with Crippen molar-refractivity contribution >= 4 is 22.8 Å². The zero-order valence-electron chi connectivity index (χ0n) is 19.3. The van der Waals surface area contributed by atoms with E-state index in [1.807, 2.05) is 0 Å². The molecule has 35 heavy (non-hydrogen) atoms. The molecule has 2 aromatic heterocycles. The van der Waals surface area contributed by atoms with E-state index in [0.717, 1.165) is 22.1 Å². The fraction of sp³-hybridized carbons (Fsp3) is 0.346. The second-order valence-corrected chi connectivity index (χ2v) is 9.35. The number of carbonyl (C=O) groups excluding carboxylic acids is 2. The molecule has 0 fully saturated rings. The number of fused-ring (bicyclic) bond motifs is 5. The van der Waals surface area contributed by atoms with Gasteiger partial charge in [0.05, 0.1) is 46.7 Å². The number of rotatable bonds is 2. The van der Waals surface area contributed by atoms with Crippen molar-refractivity contribution in [3.05, 3.63) is 61.9 Å². The van der Waals surface area contributed by atoms with Crippen molar-refractivity contribution in [2.24, 2.45) is 0 Å². The van der Waals surface area contributed by atoms with Crippen LogP contribution in [0.4, 0.5) is 0 Å². The molecule has 1 amide bonds. The number of cyclic esters (lactones) is 1. The van der Waals surface area contributed by atoms with E-state index in [1.165, 1.54) is 6.92 Å². The first-order valence-electron chi connectivity index (χ1n) is 11.6. The van der Waals surface area contributed by atoms with Crippen molar-refractivity contribution in [3.63, 3.8) is 0 Å². The van der Waals surface area contributed by atoms with Crippen LogP contribution in [0.25, 0.3) is 22.3 Å². The van der Waals surface area contributed by atoms with Crippen LogP contribution < -0.4 is 10.9 Å². The maximum atomic E-state index is 13.5. The zero-order chi connectivity index (χ0) is 24.6. The van der Waals surface area contributed by atoms with Gasteiger partial charge in [-0.2, -0.15) is 5.26 Å². The molecule has 1 unspecified atom stereocenters.